The van der Waals surface area contributed by atoms with Crippen molar-refractivity contribution in [3.63, 3.8) is 0 Å². The number of ether oxygens (including phenoxy) is 1. The summed E-state index contributed by atoms with van der Waals surface area (Å²) in [7, 11) is 0. The summed E-state index contributed by atoms with van der Waals surface area (Å²) < 4.78 is 64.9. The molecule has 0 amide bonds. The SMILES string of the molecule is CC(O)(OC(=O)C(F)(F)F)[C@H]1CC(F)(F)CN1. The van der Waals surface area contributed by atoms with E-state index in [4.69, 9.17) is 0 Å². The number of carbonyl (C=O) groups is 1. The van der Waals surface area contributed by atoms with Gasteiger partial charge in [-0.05, 0) is 0 Å². The molecule has 1 heterocycles. The molecule has 1 fully saturated rings. The van der Waals surface area contributed by atoms with Crippen molar-refractivity contribution in [1.82, 2.24) is 5.32 Å². The van der Waals surface area contributed by atoms with Gasteiger partial charge in [0.25, 0.3) is 5.92 Å². The molecule has 0 radical (unpaired) electrons. The van der Waals surface area contributed by atoms with Crippen LogP contribution < -0.4 is 5.32 Å². The van der Waals surface area contributed by atoms with Gasteiger partial charge >= 0.3 is 12.1 Å². The van der Waals surface area contributed by atoms with Crippen molar-refractivity contribution in [2.45, 2.75) is 37.3 Å². The van der Waals surface area contributed by atoms with Crippen LogP contribution in [-0.4, -0.2) is 41.5 Å². The van der Waals surface area contributed by atoms with E-state index >= 15 is 0 Å². The van der Waals surface area contributed by atoms with Gasteiger partial charge in [-0.25, -0.2) is 13.6 Å². The lowest BCUT2D eigenvalue weighted by atomic mass is 10.1. The molecule has 0 aromatic carbocycles. The maximum atomic E-state index is 12.8. The lowest BCUT2D eigenvalue weighted by Crippen LogP contribution is -2.50. The number of hydrogen-bond acceptors (Lipinski definition) is 4. The number of esters is 1. The zero-order valence-corrected chi connectivity index (χ0v) is 8.65. The van der Waals surface area contributed by atoms with Gasteiger partial charge in [0.2, 0.25) is 5.79 Å². The first-order chi connectivity index (χ1) is 7.44. The van der Waals surface area contributed by atoms with Crippen molar-refractivity contribution in [3.05, 3.63) is 0 Å². The molecule has 2 N–H and O–H groups in total. The normalized spacial score (nSPS) is 27.6. The van der Waals surface area contributed by atoms with Crippen molar-refractivity contribution < 1.29 is 36.6 Å². The molecule has 0 spiro atoms. The summed E-state index contributed by atoms with van der Waals surface area (Å²) >= 11 is 0. The summed E-state index contributed by atoms with van der Waals surface area (Å²) in [5.41, 5.74) is 0. The topological polar surface area (TPSA) is 58.6 Å². The van der Waals surface area contributed by atoms with Gasteiger partial charge in [0.05, 0.1) is 12.6 Å². The fourth-order valence-electron chi connectivity index (χ4n) is 1.41. The average Bonchev–Trinajstić information content (AvgIpc) is 2.44. The minimum absolute atomic E-state index is 0.718. The van der Waals surface area contributed by atoms with E-state index in [1.807, 2.05) is 0 Å². The molecule has 1 aliphatic rings. The van der Waals surface area contributed by atoms with E-state index in [9.17, 15) is 31.9 Å². The Morgan fingerprint density at radius 1 is 1.47 bits per heavy atom. The third kappa shape index (κ3) is 3.50. The fraction of sp³-hybridized carbons (Fsp3) is 0.875. The number of hydrogen-bond donors (Lipinski definition) is 2. The summed E-state index contributed by atoms with van der Waals surface area (Å²) in [5, 5.41) is 11.5. The predicted octanol–water partition coefficient (Wildman–Crippen LogP) is 0.798. The van der Waals surface area contributed by atoms with E-state index < -0.39 is 42.9 Å². The zero-order valence-electron chi connectivity index (χ0n) is 8.65. The summed E-state index contributed by atoms with van der Waals surface area (Å²) in [4.78, 5) is 10.5. The average molecular weight is 263 g/mol. The number of aliphatic hydroxyl groups is 1. The van der Waals surface area contributed by atoms with Crippen LogP contribution in [0.25, 0.3) is 0 Å². The Hall–Kier alpha value is -0.960. The molecule has 100 valence electrons. The first kappa shape index (κ1) is 14.1. The molecule has 1 aliphatic heterocycles. The number of alkyl halides is 5. The summed E-state index contributed by atoms with van der Waals surface area (Å²) in [6.07, 6.45) is -6.20. The van der Waals surface area contributed by atoms with Crippen LogP contribution >= 0.6 is 0 Å². The molecule has 1 rings (SSSR count). The Bertz CT molecular complexity index is 315. The van der Waals surface area contributed by atoms with E-state index in [0.717, 1.165) is 6.92 Å². The van der Waals surface area contributed by atoms with Crippen molar-refractivity contribution >= 4 is 5.97 Å². The van der Waals surface area contributed by atoms with Crippen LogP contribution in [-0.2, 0) is 9.53 Å². The minimum atomic E-state index is -5.29. The van der Waals surface area contributed by atoms with Gasteiger partial charge in [0.15, 0.2) is 0 Å². The lowest BCUT2D eigenvalue weighted by molar-refractivity contribution is -0.250. The smallest absolute Gasteiger partial charge is 0.425 e. The van der Waals surface area contributed by atoms with Crippen molar-refractivity contribution in [1.29, 1.82) is 0 Å². The maximum absolute atomic E-state index is 12.8. The van der Waals surface area contributed by atoms with E-state index in [1.54, 1.807) is 0 Å². The molecule has 17 heavy (non-hydrogen) atoms. The predicted molar refractivity (Wildman–Crippen MR) is 44.1 cm³/mol. The van der Waals surface area contributed by atoms with E-state index in [0.29, 0.717) is 0 Å². The van der Waals surface area contributed by atoms with Crippen molar-refractivity contribution in [2.75, 3.05) is 6.54 Å². The van der Waals surface area contributed by atoms with Crippen LogP contribution in [0.15, 0.2) is 0 Å². The number of rotatable bonds is 2. The highest BCUT2D eigenvalue weighted by Crippen LogP contribution is 2.32. The molecule has 9 heteroatoms. The van der Waals surface area contributed by atoms with Gasteiger partial charge in [0.1, 0.15) is 0 Å². The first-order valence-corrected chi connectivity index (χ1v) is 4.58. The van der Waals surface area contributed by atoms with Crippen LogP contribution in [0.4, 0.5) is 22.0 Å². The van der Waals surface area contributed by atoms with Gasteiger partial charge < -0.3 is 15.2 Å². The monoisotopic (exact) mass is 263 g/mol. The van der Waals surface area contributed by atoms with Crippen LogP contribution in [0, 0.1) is 0 Å². The second-order valence-corrected chi connectivity index (χ2v) is 3.94. The Kier molecular flexibility index (Phi) is 3.36. The molecule has 0 bridgehead atoms. The molecule has 1 unspecified atom stereocenters. The van der Waals surface area contributed by atoms with Crippen LogP contribution in [0.1, 0.15) is 13.3 Å². The number of carbonyl (C=O) groups excluding carboxylic acids is 1. The standard InChI is InChI=1S/C8H10F5NO3/c1-6(16,17-5(15)8(11,12)13)4-2-7(9,10)3-14-4/h4,14,16H,2-3H2,1H3/t4-,6?/m1/s1. The van der Waals surface area contributed by atoms with E-state index in [-0.39, 0.29) is 0 Å². The van der Waals surface area contributed by atoms with E-state index in [1.165, 1.54) is 0 Å². The highest BCUT2D eigenvalue weighted by atomic mass is 19.4. The molecule has 2 atom stereocenters. The van der Waals surface area contributed by atoms with Gasteiger partial charge in [-0.1, -0.05) is 0 Å². The molecule has 0 aromatic heterocycles. The molecule has 1 saturated heterocycles. The summed E-state index contributed by atoms with van der Waals surface area (Å²) in [6.45, 7) is -0.0763. The Morgan fingerprint density at radius 2 is 2.00 bits per heavy atom. The maximum Gasteiger partial charge on any atom is 0.491 e. The van der Waals surface area contributed by atoms with Crippen LogP contribution in [0.5, 0.6) is 0 Å². The van der Waals surface area contributed by atoms with E-state index in [2.05, 4.69) is 10.1 Å². The third-order valence-corrected chi connectivity index (χ3v) is 2.29. The minimum Gasteiger partial charge on any atom is -0.425 e. The fourth-order valence-corrected chi connectivity index (χ4v) is 1.41. The molecular formula is C8H10F5NO3. The second kappa shape index (κ2) is 4.05. The lowest BCUT2D eigenvalue weighted by Gasteiger charge is -2.29. The van der Waals surface area contributed by atoms with Gasteiger partial charge in [-0.15, -0.1) is 0 Å². The molecular weight excluding hydrogens is 253 g/mol. The highest BCUT2D eigenvalue weighted by molar-refractivity contribution is 5.76. The quantitative estimate of drug-likeness (QED) is 0.439. The molecule has 4 nitrogen and oxygen atoms in total. The molecule has 0 aliphatic carbocycles. The Balaban J connectivity index is 2.67. The summed E-state index contributed by atoms with van der Waals surface area (Å²) in [5.74, 6) is -8.43. The van der Waals surface area contributed by atoms with Gasteiger partial charge in [-0.3, -0.25) is 0 Å². The van der Waals surface area contributed by atoms with Crippen molar-refractivity contribution in [2.24, 2.45) is 0 Å². The Morgan fingerprint density at radius 3 is 2.35 bits per heavy atom. The van der Waals surface area contributed by atoms with Crippen molar-refractivity contribution in [3.8, 4) is 0 Å². The number of nitrogens with one attached hydrogen (secondary N) is 1. The van der Waals surface area contributed by atoms with Gasteiger partial charge in [-0.2, -0.15) is 13.2 Å². The largest absolute Gasteiger partial charge is 0.491 e. The Labute approximate surface area is 92.7 Å². The first-order valence-electron chi connectivity index (χ1n) is 4.58. The third-order valence-electron chi connectivity index (χ3n) is 2.29. The van der Waals surface area contributed by atoms with Crippen LogP contribution in [0.2, 0.25) is 0 Å². The summed E-state index contributed by atoms with van der Waals surface area (Å²) in [6, 6.07) is -1.45. The highest BCUT2D eigenvalue weighted by Gasteiger charge is 2.52. The number of halogens is 5. The molecule has 0 aromatic rings. The zero-order chi connectivity index (χ0) is 13.5. The second-order valence-electron chi connectivity index (χ2n) is 3.94. The van der Waals surface area contributed by atoms with Gasteiger partial charge in [0, 0.05) is 13.3 Å². The molecule has 0 saturated carbocycles. The van der Waals surface area contributed by atoms with Crippen LogP contribution in [0.3, 0.4) is 0 Å².